The molecule has 2 aromatic carbocycles. The van der Waals surface area contributed by atoms with Gasteiger partial charge in [-0.05, 0) is 61.7 Å². The molecule has 0 saturated carbocycles. The van der Waals surface area contributed by atoms with Gasteiger partial charge in [0.2, 0.25) is 0 Å². The van der Waals surface area contributed by atoms with E-state index in [2.05, 4.69) is 4.98 Å². The number of aryl methyl sites for hydroxylation is 2. The summed E-state index contributed by atoms with van der Waals surface area (Å²) in [5, 5.41) is 9.03. The fourth-order valence-electron chi connectivity index (χ4n) is 3.23. The topological polar surface area (TPSA) is 90.1 Å². The van der Waals surface area contributed by atoms with Crippen LogP contribution < -0.4 is 19.6 Å². The van der Waals surface area contributed by atoms with Crippen LogP contribution in [0, 0.1) is 13.8 Å². The first-order valence-electron chi connectivity index (χ1n) is 9.30. The molecule has 0 spiro atoms. The normalized spacial score (nSPS) is 13.1. The van der Waals surface area contributed by atoms with E-state index in [1.807, 2.05) is 26.0 Å². The molecular weight excluding hydrogens is 404 g/mol. The third-order valence-electron chi connectivity index (χ3n) is 5.07. The zero-order valence-corrected chi connectivity index (χ0v) is 17.7. The van der Waals surface area contributed by atoms with Crippen molar-refractivity contribution >= 4 is 39.4 Å². The number of carboxylic acids is 1. The van der Waals surface area contributed by atoms with Crippen molar-refractivity contribution in [3.05, 3.63) is 61.9 Å². The van der Waals surface area contributed by atoms with Crippen molar-refractivity contribution in [3.8, 4) is 11.5 Å². The van der Waals surface area contributed by atoms with Gasteiger partial charge in [0, 0.05) is 0 Å². The maximum Gasteiger partial charge on any atom is 0.344 e. The highest BCUT2D eigenvalue weighted by molar-refractivity contribution is 7.15. The Kier molecular flexibility index (Phi) is 4.95. The molecule has 4 rings (SSSR count). The molecule has 0 fully saturated rings. The first-order valence-corrected chi connectivity index (χ1v) is 10.1. The number of carbonyl (C=O) groups is 1. The van der Waals surface area contributed by atoms with Crippen molar-refractivity contribution in [1.82, 2.24) is 9.38 Å². The molecule has 1 N–H and O–H groups in total. The van der Waals surface area contributed by atoms with Gasteiger partial charge in [-0.25, -0.2) is 14.2 Å². The molecule has 154 valence electrons. The summed E-state index contributed by atoms with van der Waals surface area (Å²) in [5.74, 6) is -0.352. The maximum atomic E-state index is 13.0. The summed E-state index contributed by atoms with van der Waals surface area (Å²) in [5.41, 5.74) is 4.47. The Bertz CT molecular complexity index is 1400. The van der Waals surface area contributed by atoms with Gasteiger partial charge in [-0.3, -0.25) is 4.79 Å². The van der Waals surface area contributed by atoms with Crippen molar-refractivity contribution in [3.63, 3.8) is 0 Å². The number of carboxylic acid groups (broad SMARTS) is 1. The molecule has 0 amide bonds. The van der Waals surface area contributed by atoms with Crippen LogP contribution in [0.15, 0.2) is 35.1 Å². The average molecular weight is 424 g/mol. The Labute approximate surface area is 175 Å². The summed E-state index contributed by atoms with van der Waals surface area (Å²) in [7, 11) is 1.48. The number of rotatable bonds is 5. The summed E-state index contributed by atoms with van der Waals surface area (Å²) in [6.45, 7) is 5.48. The number of hydrogen-bond acceptors (Lipinski definition) is 6. The fourth-order valence-corrected chi connectivity index (χ4v) is 4.21. The van der Waals surface area contributed by atoms with Crippen LogP contribution in [0.5, 0.6) is 11.5 Å². The van der Waals surface area contributed by atoms with Gasteiger partial charge in [-0.2, -0.15) is 0 Å². The van der Waals surface area contributed by atoms with Gasteiger partial charge in [0.15, 0.2) is 22.6 Å². The fraction of sp³-hybridized carbons (Fsp3) is 0.227. The molecule has 4 aromatic rings. The second-order valence-corrected chi connectivity index (χ2v) is 8.04. The lowest BCUT2D eigenvalue weighted by Crippen LogP contribution is -2.23. The van der Waals surface area contributed by atoms with Crippen LogP contribution in [0.25, 0.3) is 22.1 Å². The Morgan fingerprint density at radius 3 is 2.70 bits per heavy atom. The summed E-state index contributed by atoms with van der Waals surface area (Å²) in [6, 6.07) is 9.01. The minimum absolute atomic E-state index is 0.125. The van der Waals surface area contributed by atoms with E-state index in [1.165, 1.54) is 25.4 Å². The number of fused-ring (bicyclic) bond motifs is 3. The lowest BCUT2D eigenvalue weighted by atomic mass is 10.1. The molecule has 0 aliphatic heterocycles. The lowest BCUT2D eigenvalue weighted by Gasteiger charge is -2.14. The zero-order valence-electron chi connectivity index (χ0n) is 16.9. The molecule has 8 heteroatoms. The molecular formula is C22H20N2O5S. The molecule has 0 saturated heterocycles. The van der Waals surface area contributed by atoms with Gasteiger partial charge in [0.1, 0.15) is 0 Å². The van der Waals surface area contributed by atoms with Crippen molar-refractivity contribution < 1.29 is 19.4 Å². The summed E-state index contributed by atoms with van der Waals surface area (Å²) in [6.07, 6.45) is 0.758. The number of ether oxygens (including phenoxy) is 2. The zero-order chi connectivity index (χ0) is 21.6. The minimum Gasteiger partial charge on any atom is -0.493 e. The highest BCUT2D eigenvalue weighted by atomic mass is 32.1. The van der Waals surface area contributed by atoms with Crippen molar-refractivity contribution in [2.75, 3.05) is 7.11 Å². The molecule has 7 nitrogen and oxygen atoms in total. The molecule has 0 aliphatic rings. The van der Waals surface area contributed by atoms with Crippen LogP contribution in [0.4, 0.5) is 0 Å². The SMILES string of the molecule is COc1cc(/C=c2/sc3nc4c(C)c(C)ccc4n3c2=O)ccc1OC(C)C(=O)O. The number of aliphatic carboxylic acids is 1. The maximum absolute atomic E-state index is 13.0. The first kappa shape index (κ1) is 19.9. The Morgan fingerprint density at radius 1 is 1.23 bits per heavy atom. The quantitative estimate of drug-likeness (QED) is 0.530. The number of nitrogens with zero attached hydrogens (tertiary/aromatic N) is 2. The van der Waals surface area contributed by atoms with Gasteiger partial charge in [0.25, 0.3) is 5.56 Å². The van der Waals surface area contributed by atoms with Gasteiger partial charge in [-0.1, -0.05) is 23.5 Å². The van der Waals surface area contributed by atoms with Gasteiger partial charge >= 0.3 is 5.97 Å². The van der Waals surface area contributed by atoms with E-state index in [0.29, 0.717) is 21.0 Å². The molecule has 1 atom stereocenters. The van der Waals surface area contributed by atoms with Crippen molar-refractivity contribution in [2.24, 2.45) is 0 Å². The minimum atomic E-state index is -1.07. The Balaban J connectivity index is 1.80. The molecule has 0 radical (unpaired) electrons. The number of benzene rings is 2. The largest absolute Gasteiger partial charge is 0.493 e. The number of thiazole rings is 1. The number of hydrogen-bond donors (Lipinski definition) is 1. The van der Waals surface area contributed by atoms with Crippen LogP contribution in [-0.4, -0.2) is 33.7 Å². The number of imidazole rings is 1. The second-order valence-electron chi connectivity index (χ2n) is 7.03. The third-order valence-corrected chi connectivity index (χ3v) is 6.04. The smallest absolute Gasteiger partial charge is 0.344 e. The monoisotopic (exact) mass is 424 g/mol. The standard InChI is InChI=1S/C22H20N2O5S/c1-11-5-7-15-19(12(11)2)23-22-24(15)20(25)18(30-22)10-14-6-8-16(17(9-14)28-4)29-13(3)21(26)27/h5-10,13H,1-4H3,(H,26,27)/b18-10+. The molecule has 2 heterocycles. The van der Waals surface area contributed by atoms with E-state index < -0.39 is 12.1 Å². The summed E-state index contributed by atoms with van der Waals surface area (Å²) >= 11 is 1.33. The predicted octanol–water partition coefficient (Wildman–Crippen LogP) is 2.93. The van der Waals surface area contributed by atoms with Gasteiger partial charge in [0.05, 0.1) is 22.7 Å². The van der Waals surface area contributed by atoms with Crippen molar-refractivity contribution in [2.45, 2.75) is 26.9 Å². The number of methoxy groups -OCH3 is 1. The Hall–Kier alpha value is -3.39. The molecule has 0 aliphatic carbocycles. The van der Waals surface area contributed by atoms with E-state index >= 15 is 0 Å². The van der Waals surface area contributed by atoms with Crippen LogP contribution in [-0.2, 0) is 4.79 Å². The first-order chi connectivity index (χ1) is 14.3. The van der Waals surface area contributed by atoms with Gasteiger partial charge in [-0.15, -0.1) is 0 Å². The number of aromatic nitrogens is 2. The van der Waals surface area contributed by atoms with E-state index in [1.54, 1.807) is 28.7 Å². The predicted molar refractivity (Wildman–Crippen MR) is 116 cm³/mol. The summed E-state index contributed by atoms with van der Waals surface area (Å²) < 4.78 is 12.9. The molecule has 30 heavy (non-hydrogen) atoms. The second kappa shape index (κ2) is 7.46. The highest BCUT2D eigenvalue weighted by Crippen LogP contribution is 2.29. The van der Waals surface area contributed by atoms with E-state index in [4.69, 9.17) is 14.6 Å². The van der Waals surface area contributed by atoms with E-state index in [0.717, 1.165) is 27.7 Å². The van der Waals surface area contributed by atoms with Gasteiger partial charge < -0.3 is 14.6 Å². The molecule has 1 unspecified atom stereocenters. The molecule has 2 aromatic heterocycles. The Morgan fingerprint density at radius 2 is 2.00 bits per heavy atom. The van der Waals surface area contributed by atoms with Crippen LogP contribution >= 0.6 is 11.3 Å². The van der Waals surface area contributed by atoms with E-state index in [-0.39, 0.29) is 5.56 Å². The summed E-state index contributed by atoms with van der Waals surface area (Å²) in [4.78, 5) is 29.4. The average Bonchev–Trinajstić information content (AvgIpc) is 3.23. The highest BCUT2D eigenvalue weighted by Gasteiger charge is 2.16. The van der Waals surface area contributed by atoms with Crippen LogP contribution in [0.2, 0.25) is 0 Å². The lowest BCUT2D eigenvalue weighted by molar-refractivity contribution is -0.144. The molecule has 0 bridgehead atoms. The van der Waals surface area contributed by atoms with Crippen LogP contribution in [0.3, 0.4) is 0 Å². The third kappa shape index (κ3) is 3.29. The van der Waals surface area contributed by atoms with Crippen LogP contribution in [0.1, 0.15) is 23.6 Å². The van der Waals surface area contributed by atoms with Crippen molar-refractivity contribution in [1.29, 1.82) is 0 Å². The van der Waals surface area contributed by atoms with E-state index in [9.17, 15) is 9.59 Å².